The molecule has 2 heterocycles. The number of benzene rings is 1. The Morgan fingerprint density at radius 1 is 1.26 bits per heavy atom. The SMILES string of the molecule is Cc1cccc(C(=O)N(CCc2cccs2)C2CCOCC2)c1. The Morgan fingerprint density at radius 3 is 2.78 bits per heavy atom. The average molecular weight is 329 g/mol. The number of aryl methyl sites for hydroxylation is 1. The van der Waals surface area contributed by atoms with Crippen LogP contribution in [-0.2, 0) is 11.2 Å². The third-order valence-corrected chi connectivity index (χ3v) is 5.27. The molecular weight excluding hydrogens is 306 g/mol. The Labute approximate surface area is 141 Å². The number of amides is 1. The van der Waals surface area contributed by atoms with Crippen molar-refractivity contribution in [2.45, 2.75) is 32.2 Å². The molecule has 4 heteroatoms. The van der Waals surface area contributed by atoms with Crippen molar-refractivity contribution in [2.24, 2.45) is 0 Å². The fourth-order valence-electron chi connectivity index (χ4n) is 3.08. The summed E-state index contributed by atoms with van der Waals surface area (Å²) in [5.41, 5.74) is 1.92. The molecule has 23 heavy (non-hydrogen) atoms. The number of hydrogen-bond acceptors (Lipinski definition) is 3. The first kappa shape index (κ1) is 16.2. The van der Waals surface area contributed by atoms with Gasteiger partial charge in [0.1, 0.15) is 0 Å². The number of ether oxygens (including phenoxy) is 1. The van der Waals surface area contributed by atoms with E-state index in [4.69, 9.17) is 4.74 Å². The molecule has 1 fully saturated rings. The van der Waals surface area contributed by atoms with Gasteiger partial charge in [-0.3, -0.25) is 4.79 Å². The molecule has 0 atom stereocenters. The van der Waals surface area contributed by atoms with Gasteiger partial charge in [0.25, 0.3) is 5.91 Å². The maximum atomic E-state index is 13.0. The van der Waals surface area contributed by atoms with Gasteiger partial charge in [-0.05, 0) is 49.8 Å². The summed E-state index contributed by atoms with van der Waals surface area (Å²) < 4.78 is 5.47. The van der Waals surface area contributed by atoms with Crippen molar-refractivity contribution in [3.8, 4) is 0 Å². The minimum atomic E-state index is 0.150. The summed E-state index contributed by atoms with van der Waals surface area (Å²) in [7, 11) is 0. The van der Waals surface area contributed by atoms with Gasteiger partial charge in [-0.25, -0.2) is 0 Å². The fourth-order valence-corrected chi connectivity index (χ4v) is 3.77. The van der Waals surface area contributed by atoms with E-state index in [1.807, 2.05) is 31.2 Å². The Kier molecular flexibility index (Phi) is 5.47. The summed E-state index contributed by atoms with van der Waals surface area (Å²) in [6.45, 7) is 4.31. The van der Waals surface area contributed by atoms with Crippen molar-refractivity contribution < 1.29 is 9.53 Å². The van der Waals surface area contributed by atoms with E-state index in [9.17, 15) is 4.79 Å². The molecule has 0 N–H and O–H groups in total. The molecule has 1 aromatic heterocycles. The van der Waals surface area contributed by atoms with Crippen molar-refractivity contribution in [1.82, 2.24) is 4.90 Å². The third kappa shape index (κ3) is 4.21. The highest BCUT2D eigenvalue weighted by atomic mass is 32.1. The zero-order chi connectivity index (χ0) is 16.1. The van der Waals surface area contributed by atoms with Crippen LogP contribution in [0.15, 0.2) is 41.8 Å². The summed E-state index contributed by atoms with van der Waals surface area (Å²) in [4.78, 5) is 16.4. The first-order valence-electron chi connectivity index (χ1n) is 8.22. The molecule has 1 aliphatic heterocycles. The second kappa shape index (κ2) is 7.75. The van der Waals surface area contributed by atoms with Crippen molar-refractivity contribution in [2.75, 3.05) is 19.8 Å². The first-order valence-corrected chi connectivity index (χ1v) is 9.10. The molecule has 0 saturated carbocycles. The van der Waals surface area contributed by atoms with Crippen molar-refractivity contribution >= 4 is 17.2 Å². The number of nitrogens with zero attached hydrogens (tertiary/aromatic N) is 1. The highest BCUT2D eigenvalue weighted by molar-refractivity contribution is 7.09. The van der Waals surface area contributed by atoms with Crippen LogP contribution in [0.25, 0.3) is 0 Å². The number of thiophene rings is 1. The number of rotatable bonds is 5. The predicted molar refractivity (Wildman–Crippen MR) is 94.1 cm³/mol. The summed E-state index contributed by atoms with van der Waals surface area (Å²) in [6, 6.07) is 12.4. The molecule has 2 aromatic rings. The van der Waals surface area contributed by atoms with E-state index >= 15 is 0 Å². The predicted octanol–water partition coefficient (Wildman–Crippen LogP) is 3.92. The lowest BCUT2D eigenvalue weighted by Gasteiger charge is -2.34. The topological polar surface area (TPSA) is 29.5 Å². The van der Waals surface area contributed by atoms with Gasteiger partial charge in [0.05, 0.1) is 0 Å². The molecule has 1 amide bonds. The average Bonchev–Trinajstić information content (AvgIpc) is 3.09. The Hall–Kier alpha value is -1.65. The van der Waals surface area contributed by atoms with E-state index < -0.39 is 0 Å². The van der Waals surface area contributed by atoms with Crippen molar-refractivity contribution in [1.29, 1.82) is 0 Å². The number of carbonyl (C=O) groups is 1. The van der Waals surface area contributed by atoms with Crippen LogP contribution in [0.3, 0.4) is 0 Å². The van der Waals surface area contributed by atoms with Crippen LogP contribution in [0, 0.1) is 6.92 Å². The van der Waals surface area contributed by atoms with Gasteiger partial charge in [-0.1, -0.05) is 23.8 Å². The van der Waals surface area contributed by atoms with E-state index in [1.54, 1.807) is 11.3 Å². The van der Waals surface area contributed by atoms with Crippen LogP contribution < -0.4 is 0 Å². The summed E-state index contributed by atoms with van der Waals surface area (Å²) >= 11 is 1.76. The van der Waals surface area contributed by atoms with Gasteiger partial charge < -0.3 is 9.64 Å². The van der Waals surface area contributed by atoms with Gasteiger partial charge in [0.15, 0.2) is 0 Å². The van der Waals surface area contributed by atoms with E-state index in [2.05, 4.69) is 22.4 Å². The minimum absolute atomic E-state index is 0.150. The van der Waals surface area contributed by atoms with Crippen LogP contribution in [0.5, 0.6) is 0 Å². The zero-order valence-electron chi connectivity index (χ0n) is 13.5. The Morgan fingerprint density at radius 2 is 2.09 bits per heavy atom. The first-order chi connectivity index (χ1) is 11.2. The standard InChI is InChI=1S/C19H23NO2S/c1-15-4-2-5-16(14-15)19(21)20(17-8-11-22-12-9-17)10-7-18-6-3-13-23-18/h2-6,13-14,17H,7-12H2,1H3. The summed E-state index contributed by atoms with van der Waals surface area (Å²) in [6.07, 6.45) is 2.79. The molecule has 0 aliphatic carbocycles. The third-order valence-electron chi connectivity index (χ3n) is 4.34. The lowest BCUT2D eigenvalue weighted by atomic mass is 10.0. The second-order valence-corrected chi connectivity index (χ2v) is 7.07. The van der Waals surface area contributed by atoms with Gasteiger partial charge in [0.2, 0.25) is 0 Å². The highest BCUT2D eigenvalue weighted by Gasteiger charge is 2.26. The largest absolute Gasteiger partial charge is 0.381 e. The van der Waals surface area contributed by atoms with E-state index in [1.165, 1.54) is 4.88 Å². The molecule has 122 valence electrons. The quantitative estimate of drug-likeness (QED) is 0.832. The number of carbonyl (C=O) groups excluding carboxylic acids is 1. The molecule has 0 spiro atoms. The van der Waals surface area contributed by atoms with Crippen LogP contribution in [0.2, 0.25) is 0 Å². The molecule has 3 rings (SSSR count). The second-order valence-electron chi connectivity index (χ2n) is 6.04. The molecular formula is C19H23NO2S. The molecule has 0 unspecified atom stereocenters. The van der Waals surface area contributed by atoms with Crippen LogP contribution in [-0.4, -0.2) is 36.6 Å². The molecule has 0 radical (unpaired) electrons. The number of hydrogen-bond donors (Lipinski definition) is 0. The summed E-state index contributed by atoms with van der Waals surface area (Å²) in [5.74, 6) is 0.150. The molecule has 1 aliphatic rings. The lowest BCUT2D eigenvalue weighted by molar-refractivity contribution is 0.0294. The zero-order valence-corrected chi connectivity index (χ0v) is 14.3. The molecule has 3 nitrogen and oxygen atoms in total. The Bertz CT molecular complexity index is 633. The van der Waals surface area contributed by atoms with Crippen LogP contribution in [0.1, 0.15) is 33.6 Å². The van der Waals surface area contributed by atoms with E-state index in [-0.39, 0.29) is 11.9 Å². The summed E-state index contributed by atoms with van der Waals surface area (Å²) in [5, 5.41) is 2.09. The fraction of sp³-hybridized carbons (Fsp3) is 0.421. The maximum Gasteiger partial charge on any atom is 0.254 e. The van der Waals surface area contributed by atoms with Gasteiger partial charge in [-0.15, -0.1) is 11.3 Å². The normalized spacial score (nSPS) is 15.5. The highest BCUT2D eigenvalue weighted by Crippen LogP contribution is 2.20. The maximum absolute atomic E-state index is 13.0. The minimum Gasteiger partial charge on any atom is -0.381 e. The Balaban J connectivity index is 1.76. The van der Waals surface area contributed by atoms with Crippen molar-refractivity contribution in [3.05, 3.63) is 57.8 Å². The van der Waals surface area contributed by atoms with Crippen molar-refractivity contribution in [3.63, 3.8) is 0 Å². The smallest absolute Gasteiger partial charge is 0.254 e. The molecule has 1 saturated heterocycles. The molecule has 1 aromatic carbocycles. The van der Waals surface area contributed by atoms with Gasteiger partial charge in [0, 0.05) is 36.2 Å². The van der Waals surface area contributed by atoms with Crippen LogP contribution >= 0.6 is 11.3 Å². The monoisotopic (exact) mass is 329 g/mol. The van der Waals surface area contributed by atoms with E-state index in [0.29, 0.717) is 0 Å². The lowest BCUT2D eigenvalue weighted by Crippen LogP contribution is -2.44. The van der Waals surface area contributed by atoms with Gasteiger partial charge in [-0.2, -0.15) is 0 Å². The van der Waals surface area contributed by atoms with Crippen LogP contribution in [0.4, 0.5) is 0 Å². The van der Waals surface area contributed by atoms with E-state index in [0.717, 1.165) is 50.1 Å². The van der Waals surface area contributed by atoms with Gasteiger partial charge >= 0.3 is 0 Å². The molecule has 0 bridgehead atoms.